The Bertz CT molecular complexity index is 506. The summed E-state index contributed by atoms with van der Waals surface area (Å²) in [5, 5.41) is 6.32. The molecule has 2 rings (SSSR count). The van der Waals surface area contributed by atoms with E-state index in [0.29, 0.717) is 5.56 Å². The molecular formula is C12H11N3O2. The van der Waals surface area contributed by atoms with Gasteiger partial charge in [-0.25, -0.2) is 4.68 Å². The monoisotopic (exact) mass is 229 g/mol. The molecule has 0 atom stereocenters. The second kappa shape index (κ2) is 5.07. The number of amides is 1. The topological polar surface area (TPSA) is 64.0 Å². The van der Waals surface area contributed by atoms with E-state index in [4.69, 9.17) is 0 Å². The first kappa shape index (κ1) is 11.1. The Labute approximate surface area is 98.1 Å². The lowest BCUT2D eigenvalue weighted by atomic mass is 10.2. The van der Waals surface area contributed by atoms with Crippen LogP contribution in [0.2, 0.25) is 0 Å². The number of nitrogens with zero attached hydrogens (tertiary/aromatic N) is 2. The van der Waals surface area contributed by atoms with Crippen molar-refractivity contribution in [2.24, 2.45) is 0 Å². The minimum atomic E-state index is -0.278. The zero-order valence-corrected chi connectivity index (χ0v) is 9.04. The third-order valence-electron chi connectivity index (χ3n) is 2.20. The molecule has 0 bridgehead atoms. The summed E-state index contributed by atoms with van der Waals surface area (Å²) in [5.41, 5.74) is 0.528. The fourth-order valence-electron chi connectivity index (χ4n) is 1.34. The largest absolute Gasteiger partial charge is 0.343 e. The van der Waals surface area contributed by atoms with Gasteiger partial charge in [0.1, 0.15) is 0 Å². The molecule has 1 N–H and O–H groups in total. The molecule has 0 radical (unpaired) electrons. The minimum absolute atomic E-state index is 0.0740. The highest BCUT2D eigenvalue weighted by Crippen LogP contribution is 1.97. The van der Waals surface area contributed by atoms with Gasteiger partial charge in [0.25, 0.3) is 11.8 Å². The summed E-state index contributed by atoms with van der Waals surface area (Å²) in [4.78, 5) is 23.2. The smallest absolute Gasteiger partial charge is 0.266 e. The van der Waals surface area contributed by atoms with Gasteiger partial charge in [0.15, 0.2) is 0 Å². The fourth-order valence-corrected chi connectivity index (χ4v) is 1.34. The van der Waals surface area contributed by atoms with E-state index in [0.717, 1.165) is 0 Å². The number of hydrogen-bond donors (Lipinski definition) is 1. The standard InChI is InChI=1S/C12H11N3O2/c16-11(15-8-4-7-14-15)9-13-12(17)10-5-2-1-3-6-10/h1-8H,9H2,(H,13,17). The number of benzene rings is 1. The van der Waals surface area contributed by atoms with Crippen LogP contribution in [0.4, 0.5) is 0 Å². The normalized spacial score (nSPS) is 9.88. The number of carbonyl (C=O) groups is 2. The average Bonchev–Trinajstić information content (AvgIpc) is 2.90. The molecule has 2 aromatic rings. The summed E-state index contributed by atoms with van der Waals surface area (Å²) in [5.74, 6) is -0.551. The van der Waals surface area contributed by atoms with Gasteiger partial charge in [-0.05, 0) is 18.2 Å². The van der Waals surface area contributed by atoms with Crippen molar-refractivity contribution < 1.29 is 9.59 Å². The fraction of sp³-hybridized carbons (Fsp3) is 0.0833. The van der Waals surface area contributed by atoms with E-state index in [-0.39, 0.29) is 18.4 Å². The molecule has 0 saturated heterocycles. The maximum absolute atomic E-state index is 11.6. The lowest BCUT2D eigenvalue weighted by molar-refractivity contribution is 0.0850. The van der Waals surface area contributed by atoms with Crippen molar-refractivity contribution in [3.8, 4) is 0 Å². The lowest BCUT2D eigenvalue weighted by Crippen LogP contribution is -2.32. The zero-order chi connectivity index (χ0) is 12.1. The molecule has 1 aromatic heterocycles. The Morgan fingerprint density at radius 1 is 1.18 bits per heavy atom. The van der Waals surface area contributed by atoms with Gasteiger partial charge in [-0.3, -0.25) is 9.59 Å². The van der Waals surface area contributed by atoms with Gasteiger partial charge in [-0.2, -0.15) is 5.10 Å². The first-order chi connectivity index (χ1) is 8.27. The Balaban J connectivity index is 1.91. The Morgan fingerprint density at radius 3 is 2.59 bits per heavy atom. The van der Waals surface area contributed by atoms with Crippen molar-refractivity contribution in [3.05, 3.63) is 54.4 Å². The first-order valence-electron chi connectivity index (χ1n) is 5.13. The van der Waals surface area contributed by atoms with E-state index in [1.807, 2.05) is 6.07 Å². The minimum Gasteiger partial charge on any atom is -0.343 e. The highest BCUT2D eigenvalue weighted by atomic mass is 16.2. The number of hydrogen-bond acceptors (Lipinski definition) is 3. The summed E-state index contributed by atoms with van der Waals surface area (Å²) in [7, 11) is 0. The van der Waals surface area contributed by atoms with Gasteiger partial charge >= 0.3 is 0 Å². The van der Waals surface area contributed by atoms with E-state index in [1.165, 1.54) is 17.1 Å². The number of nitrogens with one attached hydrogen (secondary N) is 1. The van der Waals surface area contributed by atoms with Crippen LogP contribution in [0.15, 0.2) is 48.8 Å². The molecule has 17 heavy (non-hydrogen) atoms. The summed E-state index contributed by atoms with van der Waals surface area (Å²) in [6, 6.07) is 10.4. The van der Waals surface area contributed by atoms with Gasteiger partial charge in [0.2, 0.25) is 0 Å². The number of rotatable bonds is 3. The molecule has 0 unspecified atom stereocenters. The van der Waals surface area contributed by atoms with Crippen LogP contribution < -0.4 is 5.32 Å². The summed E-state index contributed by atoms with van der Waals surface area (Å²) < 4.78 is 1.19. The zero-order valence-electron chi connectivity index (χ0n) is 9.04. The highest BCUT2D eigenvalue weighted by Gasteiger charge is 2.08. The molecule has 86 valence electrons. The maximum atomic E-state index is 11.6. The molecule has 1 heterocycles. The molecule has 1 amide bonds. The van der Waals surface area contributed by atoms with Crippen LogP contribution in [0.3, 0.4) is 0 Å². The third kappa shape index (κ3) is 2.78. The van der Waals surface area contributed by atoms with Gasteiger partial charge in [0, 0.05) is 18.0 Å². The van der Waals surface area contributed by atoms with Crippen LogP contribution in [0.25, 0.3) is 0 Å². The Morgan fingerprint density at radius 2 is 1.94 bits per heavy atom. The molecule has 0 aliphatic heterocycles. The average molecular weight is 229 g/mol. The predicted octanol–water partition coefficient (Wildman–Crippen LogP) is 0.953. The van der Waals surface area contributed by atoms with Crippen LogP contribution in [0, 0.1) is 0 Å². The molecule has 5 nitrogen and oxygen atoms in total. The second-order valence-electron chi connectivity index (χ2n) is 3.39. The van der Waals surface area contributed by atoms with Crippen LogP contribution in [-0.4, -0.2) is 28.1 Å². The Hall–Kier alpha value is -2.43. The van der Waals surface area contributed by atoms with Crippen molar-refractivity contribution in [1.29, 1.82) is 0 Å². The van der Waals surface area contributed by atoms with Crippen LogP contribution >= 0.6 is 0 Å². The van der Waals surface area contributed by atoms with E-state index in [9.17, 15) is 9.59 Å². The molecule has 0 spiro atoms. The SMILES string of the molecule is O=C(NCC(=O)n1cccn1)c1ccccc1. The number of aromatic nitrogens is 2. The van der Waals surface area contributed by atoms with E-state index >= 15 is 0 Å². The number of carbonyl (C=O) groups excluding carboxylic acids is 2. The van der Waals surface area contributed by atoms with Crippen LogP contribution in [-0.2, 0) is 0 Å². The lowest BCUT2D eigenvalue weighted by Gasteiger charge is -2.04. The summed E-state index contributed by atoms with van der Waals surface area (Å²) >= 11 is 0. The van der Waals surface area contributed by atoms with Crippen molar-refractivity contribution in [2.75, 3.05) is 6.54 Å². The molecular weight excluding hydrogens is 218 g/mol. The van der Waals surface area contributed by atoms with Crippen molar-refractivity contribution in [2.45, 2.75) is 0 Å². The highest BCUT2D eigenvalue weighted by molar-refractivity contribution is 5.96. The van der Waals surface area contributed by atoms with Gasteiger partial charge in [-0.15, -0.1) is 0 Å². The molecule has 5 heteroatoms. The van der Waals surface area contributed by atoms with Crippen molar-refractivity contribution >= 4 is 11.8 Å². The van der Waals surface area contributed by atoms with E-state index in [1.54, 1.807) is 30.3 Å². The second-order valence-corrected chi connectivity index (χ2v) is 3.39. The van der Waals surface area contributed by atoms with Crippen molar-refractivity contribution in [3.63, 3.8) is 0 Å². The third-order valence-corrected chi connectivity index (χ3v) is 2.20. The molecule has 1 aromatic carbocycles. The molecule has 0 aliphatic carbocycles. The van der Waals surface area contributed by atoms with Gasteiger partial charge in [-0.1, -0.05) is 18.2 Å². The summed E-state index contributed by atoms with van der Waals surface area (Å²) in [6.07, 6.45) is 3.05. The molecule has 0 aliphatic rings. The van der Waals surface area contributed by atoms with E-state index < -0.39 is 0 Å². The van der Waals surface area contributed by atoms with Crippen LogP contribution in [0.1, 0.15) is 15.2 Å². The predicted molar refractivity (Wildman–Crippen MR) is 61.6 cm³/mol. The maximum Gasteiger partial charge on any atom is 0.266 e. The van der Waals surface area contributed by atoms with Gasteiger partial charge < -0.3 is 5.32 Å². The van der Waals surface area contributed by atoms with Crippen LogP contribution in [0.5, 0.6) is 0 Å². The van der Waals surface area contributed by atoms with Crippen molar-refractivity contribution in [1.82, 2.24) is 15.1 Å². The quantitative estimate of drug-likeness (QED) is 0.852. The Kier molecular flexibility index (Phi) is 3.30. The first-order valence-corrected chi connectivity index (χ1v) is 5.13. The molecule has 0 fully saturated rings. The molecule has 0 saturated carbocycles. The van der Waals surface area contributed by atoms with Gasteiger partial charge in [0.05, 0.1) is 6.54 Å². The van der Waals surface area contributed by atoms with E-state index in [2.05, 4.69) is 10.4 Å². The summed E-state index contributed by atoms with van der Waals surface area (Å²) in [6.45, 7) is -0.0740.